The van der Waals surface area contributed by atoms with Crippen molar-refractivity contribution in [1.29, 1.82) is 0 Å². The Kier molecular flexibility index (Phi) is 2.14. The number of rotatable bonds is 2. The van der Waals surface area contributed by atoms with Crippen LogP contribution in [0.5, 0.6) is 0 Å². The molecule has 0 bridgehead atoms. The fourth-order valence-electron chi connectivity index (χ4n) is 0.858. The molecule has 0 saturated heterocycles. The minimum atomic E-state index is -1.20. The van der Waals surface area contributed by atoms with E-state index in [1.54, 1.807) is 6.20 Å². The predicted molar refractivity (Wildman–Crippen MR) is 42.1 cm³/mol. The lowest BCUT2D eigenvalue weighted by Gasteiger charge is -2.18. The number of carbonyl (C=O) groups is 1. The first-order chi connectivity index (χ1) is 5.59. The number of aromatic nitrogens is 2. The molecule has 1 aromatic rings. The Morgan fingerprint density at radius 3 is 2.92 bits per heavy atom. The highest BCUT2D eigenvalue weighted by atomic mass is 16.5. The number of methoxy groups -OCH3 is 1. The summed E-state index contributed by atoms with van der Waals surface area (Å²) in [5.41, 5.74) is 4.47. The normalized spacial score (nSPS) is 15.2. The molecule has 1 unspecified atom stereocenters. The van der Waals surface area contributed by atoms with E-state index < -0.39 is 11.5 Å². The van der Waals surface area contributed by atoms with Crippen LogP contribution in [0.4, 0.5) is 0 Å². The zero-order chi connectivity index (χ0) is 9.19. The van der Waals surface area contributed by atoms with Crippen molar-refractivity contribution in [3.63, 3.8) is 0 Å². The Bertz CT molecular complexity index is 266. The molecule has 0 radical (unpaired) electrons. The Morgan fingerprint density at radius 1 is 1.83 bits per heavy atom. The zero-order valence-electron chi connectivity index (χ0n) is 7.00. The summed E-state index contributed by atoms with van der Waals surface area (Å²) < 4.78 is 4.51. The molecule has 0 spiro atoms. The number of ether oxygens (including phenoxy) is 1. The summed E-state index contributed by atoms with van der Waals surface area (Å²) in [6.45, 7) is 1.54. The molecule has 1 heterocycles. The molecule has 0 aromatic carbocycles. The summed E-state index contributed by atoms with van der Waals surface area (Å²) in [6.07, 6.45) is 3.13. The van der Waals surface area contributed by atoms with Crippen LogP contribution in [0.3, 0.4) is 0 Å². The number of nitrogens with two attached hydrogens (primary N) is 1. The van der Waals surface area contributed by atoms with Crippen LogP contribution in [0.2, 0.25) is 0 Å². The highest BCUT2D eigenvalue weighted by molar-refractivity contribution is 5.80. The number of H-pyrrole nitrogens is 1. The van der Waals surface area contributed by atoms with Crippen LogP contribution in [-0.2, 0) is 15.1 Å². The highest BCUT2D eigenvalue weighted by Crippen LogP contribution is 2.13. The zero-order valence-corrected chi connectivity index (χ0v) is 7.00. The van der Waals surface area contributed by atoms with Crippen LogP contribution < -0.4 is 5.73 Å². The third-order valence-corrected chi connectivity index (χ3v) is 1.60. The lowest BCUT2D eigenvalue weighted by molar-refractivity contribution is -0.147. The van der Waals surface area contributed by atoms with Crippen LogP contribution in [0.25, 0.3) is 0 Å². The number of hydrogen-bond acceptors (Lipinski definition) is 4. The molecule has 3 N–H and O–H groups in total. The van der Waals surface area contributed by atoms with Gasteiger partial charge in [-0.3, -0.25) is 0 Å². The van der Waals surface area contributed by atoms with Crippen molar-refractivity contribution in [2.45, 2.75) is 12.5 Å². The lowest BCUT2D eigenvalue weighted by Crippen LogP contribution is -2.43. The van der Waals surface area contributed by atoms with E-state index in [4.69, 9.17) is 5.73 Å². The predicted octanol–water partition coefficient (Wildman–Crippen LogP) is -0.243. The van der Waals surface area contributed by atoms with Gasteiger partial charge in [0.1, 0.15) is 5.82 Å². The van der Waals surface area contributed by atoms with Gasteiger partial charge < -0.3 is 15.5 Å². The number of esters is 1. The third kappa shape index (κ3) is 1.31. The molecule has 66 valence electrons. The molecule has 5 heteroatoms. The summed E-state index contributed by atoms with van der Waals surface area (Å²) in [5.74, 6) is -0.119. The molecule has 1 aromatic heterocycles. The fraction of sp³-hybridized carbons (Fsp3) is 0.429. The Balaban J connectivity index is 2.93. The van der Waals surface area contributed by atoms with Crippen LogP contribution in [0.1, 0.15) is 12.7 Å². The molecule has 1 atom stereocenters. The summed E-state index contributed by atoms with van der Waals surface area (Å²) in [5, 5.41) is 0. The van der Waals surface area contributed by atoms with Crippen LogP contribution in [0, 0.1) is 0 Å². The summed E-state index contributed by atoms with van der Waals surface area (Å²) in [4.78, 5) is 17.8. The van der Waals surface area contributed by atoms with Gasteiger partial charge in [0.15, 0.2) is 5.54 Å². The van der Waals surface area contributed by atoms with Crippen molar-refractivity contribution in [3.05, 3.63) is 18.2 Å². The largest absolute Gasteiger partial charge is 0.467 e. The SMILES string of the molecule is COC(=O)C(C)(N)c1ncc[nH]1. The highest BCUT2D eigenvalue weighted by Gasteiger charge is 2.34. The fourth-order valence-corrected chi connectivity index (χ4v) is 0.858. The van der Waals surface area contributed by atoms with Gasteiger partial charge in [0.25, 0.3) is 0 Å². The van der Waals surface area contributed by atoms with Gasteiger partial charge >= 0.3 is 5.97 Å². The second kappa shape index (κ2) is 2.94. The minimum Gasteiger partial charge on any atom is -0.467 e. The van der Waals surface area contributed by atoms with Gasteiger partial charge in [-0.25, -0.2) is 9.78 Å². The van der Waals surface area contributed by atoms with Crippen molar-refractivity contribution in [3.8, 4) is 0 Å². The van der Waals surface area contributed by atoms with Gasteiger partial charge in [-0.05, 0) is 6.92 Å². The standard InChI is InChI=1S/C7H11N3O2/c1-7(8,6(11)12-2)5-9-3-4-10-5/h3-4H,8H2,1-2H3,(H,9,10). The van der Waals surface area contributed by atoms with Gasteiger partial charge in [-0.2, -0.15) is 0 Å². The molecule has 0 amide bonds. The number of nitrogens with zero attached hydrogens (tertiary/aromatic N) is 1. The second-order valence-electron chi connectivity index (χ2n) is 2.63. The van der Waals surface area contributed by atoms with Gasteiger partial charge in [0.05, 0.1) is 7.11 Å². The van der Waals surface area contributed by atoms with E-state index in [1.165, 1.54) is 20.2 Å². The van der Waals surface area contributed by atoms with E-state index in [1.807, 2.05) is 0 Å². The van der Waals surface area contributed by atoms with Crippen molar-refractivity contribution in [2.75, 3.05) is 7.11 Å². The topological polar surface area (TPSA) is 81.0 Å². The van der Waals surface area contributed by atoms with Crippen molar-refractivity contribution in [1.82, 2.24) is 9.97 Å². The van der Waals surface area contributed by atoms with Gasteiger partial charge in [-0.15, -0.1) is 0 Å². The molecule has 0 fully saturated rings. The van der Waals surface area contributed by atoms with Crippen LogP contribution >= 0.6 is 0 Å². The maximum atomic E-state index is 11.1. The first-order valence-corrected chi connectivity index (χ1v) is 3.46. The van der Waals surface area contributed by atoms with Crippen molar-refractivity contribution < 1.29 is 9.53 Å². The van der Waals surface area contributed by atoms with E-state index >= 15 is 0 Å². The molecule has 0 aliphatic heterocycles. The van der Waals surface area contributed by atoms with Gasteiger partial charge in [0, 0.05) is 12.4 Å². The van der Waals surface area contributed by atoms with Crippen LogP contribution in [-0.4, -0.2) is 23.0 Å². The van der Waals surface area contributed by atoms with E-state index in [0.29, 0.717) is 5.82 Å². The number of nitrogens with one attached hydrogen (secondary N) is 1. The van der Waals surface area contributed by atoms with E-state index in [0.717, 1.165) is 0 Å². The smallest absolute Gasteiger partial charge is 0.333 e. The van der Waals surface area contributed by atoms with Gasteiger partial charge in [0.2, 0.25) is 0 Å². The van der Waals surface area contributed by atoms with Gasteiger partial charge in [-0.1, -0.05) is 0 Å². The first kappa shape index (κ1) is 8.73. The molecule has 0 aliphatic carbocycles. The molecular weight excluding hydrogens is 158 g/mol. The molecule has 12 heavy (non-hydrogen) atoms. The maximum absolute atomic E-state index is 11.1. The first-order valence-electron chi connectivity index (χ1n) is 3.46. The number of carbonyl (C=O) groups excluding carboxylic acids is 1. The van der Waals surface area contributed by atoms with E-state index in [9.17, 15) is 4.79 Å². The second-order valence-corrected chi connectivity index (χ2v) is 2.63. The monoisotopic (exact) mass is 169 g/mol. The summed E-state index contributed by atoms with van der Waals surface area (Å²) in [7, 11) is 1.29. The average Bonchev–Trinajstić information content (AvgIpc) is 2.55. The van der Waals surface area contributed by atoms with Crippen LogP contribution in [0.15, 0.2) is 12.4 Å². The number of aromatic amines is 1. The summed E-state index contributed by atoms with van der Waals surface area (Å²) >= 11 is 0. The third-order valence-electron chi connectivity index (χ3n) is 1.60. The Labute approximate surface area is 69.9 Å². The molecular formula is C7H11N3O2. The van der Waals surface area contributed by atoms with Crippen molar-refractivity contribution in [2.24, 2.45) is 5.73 Å². The number of imidazole rings is 1. The molecule has 0 saturated carbocycles. The lowest BCUT2D eigenvalue weighted by atomic mass is 10.0. The van der Waals surface area contributed by atoms with E-state index in [2.05, 4.69) is 14.7 Å². The average molecular weight is 169 g/mol. The maximum Gasteiger partial charge on any atom is 0.333 e. The van der Waals surface area contributed by atoms with Crippen molar-refractivity contribution >= 4 is 5.97 Å². The molecule has 0 aliphatic rings. The Morgan fingerprint density at radius 2 is 2.50 bits per heavy atom. The summed E-state index contributed by atoms with van der Waals surface area (Å²) in [6, 6.07) is 0. The minimum absolute atomic E-state index is 0.398. The number of hydrogen-bond donors (Lipinski definition) is 2. The Hall–Kier alpha value is -1.36. The molecule has 5 nitrogen and oxygen atoms in total. The van der Waals surface area contributed by atoms with E-state index in [-0.39, 0.29) is 0 Å². The molecule has 1 rings (SSSR count). The quantitative estimate of drug-likeness (QED) is 0.598.